The average Bonchev–Trinajstić information content (AvgIpc) is 2.50. The number of nitriles is 1. The molecule has 1 aromatic carbocycles. The molecule has 110 valence electrons. The summed E-state index contributed by atoms with van der Waals surface area (Å²) in [6, 6.07) is 4.45. The Labute approximate surface area is 131 Å². The first-order valence-electron chi connectivity index (χ1n) is 8.97. The van der Waals surface area contributed by atoms with E-state index >= 15 is 0 Å². The van der Waals surface area contributed by atoms with E-state index in [2.05, 4.69) is 9.97 Å². The van der Waals surface area contributed by atoms with Gasteiger partial charge in [-0.3, -0.25) is 0 Å². The van der Waals surface area contributed by atoms with Gasteiger partial charge in [0, 0.05) is 25.0 Å². The second-order valence-corrected chi connectivity index (χ2v) is 4.26. The van der Waals surface area contributed by atoms with Gasteiger partial charge in [-0.1, -0.05) is 0 Å². The zero-order valence-corrected chi connectivity index (χ0v) is 11.3. The molecular weight excluding hydrogens is 270 g/mol. The number of hydrogen-bond donors (Lipinski definition) is 1. The summed E-state index contributed by atoms with van der Waals surface area (Å²) in [5.74, 6) is -0.379. The Kier molecular flexibility index (Phi) is 2.49. The fourth-order valence-corrected chi connectivity index (χ4v) is 1.80. The summed E-state index contributed by atoms with van der Waals surface area (Å²) in [4.78, 5) is 10.0. The Balaban J connectivity index is 2.58. The number of anilines is 2. The Morgan fingerprint density at radius 2 is 2.05 bits per heavy atom. The van der Waals surface area contributed by atoms with Crippen LogP contribution in [0, 0.1) is 11.3 Å². The summed E-state index contributed by atoms with van der Waals surface area (Å²) in [7, 11) is -3.98. The number of hydrogen-bond acceptors (Lipinski definition) is 7. The molecular formula is C14H17N5O2. The largest absolute Gasteiger partial charge is 0.493 e. The van der Waals surface area contributed by atoms with Gasteiger partial charge in [0.25, 0.3) is 0 Å². The molecule has 0 fully saturated rings. The van der Waals surface area contributed by atoms with Gasteiger partial charge in [0.05, 0.1) is 40.3 Å². The third-order valence-electron chi connectivity index (χ3n) is 2.90. The van der Waals surface area contributed by atoms with Crippen LogP contribution in [0.25, 0.3) is 10.9 Å². The van der Waals surface area contributed by atoms with Crippen molar-refractivity contribution in [1.29, 1.82) is 5.26 Å². The molecule has 21 heavy (non-hydrogen) atoms. The maximum Gasteiger partial charge on any atom is 0.227 e. The predicted molar refractivity (Wildman–Crippen MR) is 80.6 cm³/mol. The Hall–Kier alpha value is -2.75. The van der Waals surface area contributed by atoms with Crippen LogP contribution >= 0.6 is 0 Å². The highest BCUT2D eigenvalue weighted by molar-refractivity contribution is 5.91. The molecule has 1 heterocycles. The standard InChI is InChI=1S/C14H17N5O2/c1-19(6-4-5-15)14-17-10-8-12(21-3)11(20-2)7-9(10)13(16)18-14/h7-8H,4,6H2,1-3H3,(H2,16,17,18)/i2D3,3D3. The van der Waals surface area contributed by atoms with Gasteiger partial charge < -0.3 is 20.1 Å². The van der Waals surface area contributed by atoms with Crippen LogP contribution in [0.3, 0.4) is 0 Å². The highest BCUT2D eigenvalue weighted by Crippen LogP contribution is 2.33. The summed E-state index contributed by atoms with van der Waals surface area (Å²) in [5, 5.41) is 8.95. The Morgan fingerprint density at radius 1 is 1.33 bits per heavy atom. The van der Waals surface area contributed by atoms with E-state index in [0.29, 0.717) is 6.54 Å². The number of benzene rings is 1. The molecule has 0 saturated heterocycles. The molecule has 0 saturated carbocycles. The van der Waals surface area contributed by atoms with Crippen molar-refractivity contribution < 1.29 is 17.7 Å². The van der Waals surface area contributed by atoms with Crippen molar-refractivity contribution in [3.05, 3.63) is 12.1 Å². The second kappa shape index (κ2) is 6.13. The minimum absolute atomic E-state index is 0.0367. The summed E-state index contributed by atoms with van der Waals surface area (Å²) >= 11 is 0. The van der Waals surface area contributed by atoms with Gasteiger partial charge in [-0.05, 0) is 6.07 Å². The monoisotopic (exact) mass is 293 g/mol. The number of aromatic nitrogens is 2. The molecule has 0 aliphatic rings. The van der Waals surface area contributed by atoms with Crippen LogP contribution < -0.4 is 20.1 Å². The molecule has 7 heteroatoms. The normalized spacial score (nSPS) is 15.6. The average molecular weight is 293 g/mol. The van der Waals surface area contributed by atoms with Gasteiger partial charge in [-0.15, -0.1) is 0 Å². The van der Waals surface area contributed by atoms with E-state index in [1.807, 2.05) is 6.07 Å². The molecule has 2 aromatic rings. The number of nitrogen functional groups attached to an aromatic ring is 1. The van der Waals surface area contributed by atoms with Crippen molar-refractivity contribution in [2.75, 3.05) is 38.3 Å². The van der Waals surface area contributed by atoms with Crippen LogP contribution in [-0.2, 0) is 0 Å². The van der Waals surface area contributed by atoms with Crippen LogP contribution in [0.4, 0.5) is 11.8 Å². The minimum atomic E-state index is -2.83. The molecule has 0 unspecified atom stereocenters. The lowest BCUT2D eigenvalue weighted by Gasteiger charge is -2.17. The molecule has 0 atom stereocenters. The van der Waals surface area contributed by atoms with Crippen molar-refractivity contribution in [2.45, 2.75) is 6.42 Å². The zero-order valence-electron chi connectivity index (χ0n) is 17.3. The van der Waals surface area contributed by atoms with Crippen LogP contribution in [-0.4, -0.2) is 37.6 Å². The summed E-state index contributed by atoms with van der Waals surface area (Å²) < 4.78 is 53.2. The number of methoxy groups -OCH3 is 2. The summed E-state index contributed by atoms with van der Waals surface area (Å²) in [5.41, 5.74) is 6.18. The molecule has 1 aromatic heterocycles. The first kappa shape index (κ1) is 8.52. The van der Waals surface area contributed by atoms with E-state index < -0.39 is 14.1 Å². The van der Waals surface area contributed by atoms with Crippen molar-refractivity contribution in [1.82, 2.24) is 9.97 Å². The van der Waals surface area contributed by atoms with Gasteiger partial charge in [0.1, 0.15) is 5.82 Å². The SMILES string of the molecule is [2H]C([2H])([2H])Oc1cc2nc(N(C)CCC#N)nc(N)c2cc1OC([2H])([2H])[2H]. The Bertz CT molecular complexity index is 877. The molecule has 0 amide bonds. The van der Waals surface area contributed by atoms with Crippen molar-refractivity contribution in [3.63, 3.8) is 0 Å². The molecule has 0 spiro atoms. The molecule has 0 aliphatic heterocycles. The topological polar surface area (TPSA) is 97.3 Å². The maximum absolute atomic E-state index is 8.68. The van der Waals surface area contributed by atoms with E-state index in [0.717, 1.165) is 0 Å². The van der Waals surface area contributed by atoms with Gasteiger partial charge >= 0.3 is 0 Å². The molecule has 0 radical (unpaired) electrons. The van der Waals surface area contributed by atoms with E-state index in [1.54, 1.807) is 11.9 Å². The number of nitrogens with zero attached hydrogens (tertiary/aromatic N) is 4. The summed E-state index contributed by atoms with van der Waals surface area (Å²) in [6.45, 7) is 0.361. The number of nitrogens with two attached hydrogens (primary N) is 1. The fourth-order valence-electron chi connectivity index (χ4n) is 1.80. The van der Waals surface area contributed by atoms with E-state index in [-0.39, 0.29) is 40.6 Å². The van der Waals surface area contributed by atoms with Gasteiger partial charge in [-0.25, -0.2) is 4.98 Å². The molecule has 7 nitrogen and oxygen atoms in total. The fraction of sp³-hybridized carbons (Fsp3) is 0.357. The van der Waals surface area contributed by atoms with E-state index in [1.165, 1.54) is 12.1 Å². The lowest BCUT2D eigenvalue weighted by atomic mass is 10.2. The summed E-state index contributed by atoms with van der Waals surface area (Å²) in [6.07, 6.45) is 0.247. The van der Waals surface area contributed by atoms with Gasteiger partial charge in [0.2, 0.25) is 5.95 Å². The van der Waals surface area contributed by atoms with Crippen LogP contribution in [0.2, 0.25) is 0 Å². The lowest BCUT2D eigenvalue weighted by Crippen LogP contribution is -2.21. The molecule has 2 rings (SSSR count). The maximum atomic E-state index is 8.68. The van der Waals surface area contributed by atoms with Gasteiger partial charge in [-0.2, -0.15) is 10.2 Å². The zero-order chi connectivity index (χ0) is 20.4. The Morgan fingerprint density at radius 3 is 2.71 bits per heavy atom. The highest BCUT2D eigenvalue weighted by atomic mass is 16.5. The molecule has 0 aliphatic carbocycles. The smallest absolute Gasteiger partial charge is 0.227 e. The van der Waals surface area contributed by atoms with Crippen molar-refractivity contribution in [2.24, 2.45) is 0 Å². The third-order valence-corrected chi connectivity index (χ3v) is 2.90. The minimum Gasteiger partial charge on any atom is -0.493 e. The van der Waals surface area contributed by atoms with Gasteiger partial charge in [0.15, 0.2) is 11.5 Å². The highest BCUT2D eigenvalue weighted by Gasteiger charge is 2.13. The second-order valence-electron chi connectivity index (χ2n) is 4.26. The van der Waals surface area contributed by atoms with Crippen LogP contribution in [0.1, 0.15) is 14.6 Å². The van der Waals surface area contributed by atoms with E-state index in [4.69, 9.17) is 28.7 Å². The van der Waals surface area contributed by atoms with Crippen molar-refractivity contribution in [3.8, 4) is 17.6 Å². The predicted octanol–water partition coefficient (Wildman–Crippen LogP) is 1.58. The first-order valence-corrected chi connectivity index (χ1v) is 5.97. The number of rotatable bonds is 5. The molecule has 0 bridgehead atoms. The lowest BCUT2D eigenvalue weighted by molar-refractivity contribution is 0.356. The molecule has 2 N–H and O–H groups in total. The van der Waals surface area contributed by atoms with Crippen LogP contribution in [0.5, 0.6) is 11.5 Å². The van der Waals surface area contributed by atoms with Crippen LogP contribution in [0.15, 0.2) is 12.1 Å². The third kappa shape index (κ3) is 2.89. The van der Waals surface area contributed by atoms with Crippen molar-refractivity contribution >= 4 is 22.7 Å². The number of fused-ring (bicyclic) bond motifs is 1. The first-order chi connectivity index (χ1) is 12.4. The van der Waals surface area contributed by atoms with E-state index in [9.17, 15) is 0 Å². The quantitative estimate of drug-likeness (QED) is 0.893. The number of ether oxygens (including phenoxy) is 2.